The summed E-state index contributed by atoms with van der Waals surface area (Å²) in [7, 11) is 6.61. The van der Waals surface area contributed by atoms with Crippen molar-refractivity contribution in [2.75, 3.05) is 34.9 Å². The first-order valence-electron chi connectivity index (χ1n) is 24.0. The molecule has 14 heteroatoms. The number of nitrogens with zero attached hydrogens (tertiary/aromatic N) is 1. The summed E-state index contributed by atoms with van der Waals surface area (Å²) >= 11 is 0. The van der Waals surface area contributed by atoms with Crippen LogP contribution < -0.4 is 5.32 Å². The van der Waals surface area contributed by atoms with Crippen molar-refractivity contribution in [3.05, 3.63) is 47.6 Å². The van der Waals surface area contributed by atoms with Crippen molar-refractivity contribution in [2.24, 2.45) is 41.4 Å². The predicted octanol–water partition coefficient (Wildman–Crippen LogP) is 5.63. The summed E-state index contributed by atoms with van der Waals surface area (Å²) < 4.78 is 29.8. The maximum Gasteiger partial charge on any atom is 0.329 e. The Hall–Kier alpha value is -3.37. The van der Waals surface area contributed by atoms with Crippen LogP contribution in [0.3, 0.4) is 0 Å². The van der Waals surface area contributed by atoms with Crippen LogP contribution in [-0.2, 0) is 47.7 Å². The molecule has 364 valence electrons. The SMILES string of the molecule is CNC1CC[C@@H](CC2C3CC(=O)C(C)/C=C(\C)[C@@H](O)[C@@H](OC)C(=O)[C@H](C)CC(C)/C=C/C=C/C=C(\C)[C@@H](OC)C[C@@H]4CC[C@@H](C)[C@@](O)(O4)C(=O)C(=O)N4CCC[C@H]2[C@H]4C(=O)O3)C[C@H]1OC. The van der Waals surface area contributed by atoms with E-state index in [0.29, 0.717) is 50.5 Å². The van der Waals surface area contributed by atoms with E-state index in [1.807, 2.05) is 58.2 Å². The smallest absolute Gasteiger partial charge is 0.329 e. The number of fused-ring (bicyclic) bond motifs is 3. The molecule has 4 fully saturated rings. The lowest BCUT2D eigenvalue weighted by molar-refractivity contribution is -0.266. The molecule has 6 bridgehead atoms. The van der Waals surface area contributed by atoms with Gasteiger partial charge >= 0.3 is 5.97 Å². The van der Waals surface area contributed by atoms with Crippen LogP contribution in [0.25, 0.3) is 0 Å². The topological polar surface area (TPSA) is 187 Å². The normalized spacial score (nSPS) is 42.7. The van der Waals surface area contributed by atoms with Gasteiger partial charge in [0.1, 0.15) is 30.1 Å². The first-order valence-corrected chi connectivity index (χ1v) is 24.0. The third-order valence-corrected chi connectivity index (χ3v) is 15.3. The molecule has 5 unspecified atom stereocenters. The van der Waals surface area contributed by atoms with Gasteiger partial charge in [0.2, 0.25) is 5.79 Å². The third-order valence-electron chi connectivity index (χ3n) is 15.3. The molecule has 16 atom stereocenters. The molecule has 1 amide bonds. The number of methoxy groups -OCH3 is 3. The van der Waals surface area contributed by atoms with Crippen molar-refractivity contribution in [1.29, 1.82) is 0 Å². The summed E-state index contributed by atoms with van der Waals surface area (Å²) in [5.74, 6) is -8.00. The summed E-state index contributed by atoms with van der Waals surface area (Å²) in [4.78, 5) is 72.3. The molecular formula is C51H78N2O12. The van der Waals surface area contributed by atoms with Gasteiger partial charge in [0.25, 0.3) is 11.7 Å². The minimum Gasteiger partial charge on any atom is -0.460 e. The van der Waals surface area contributed by atoms with Crippen molar-refractivity contribution in [3.63, 3.8) is 0 Å². The Morgan fingerprint density at radius 3 is 2.29 bits per heavy atom. The van der Waals surface area contributed by atoms with Crippen molar-refractivity contribution < 1.29 is 57.9 Å². The molecule has 5 aliphatic rings. The van der Waals surface area contributed by atoms with E-state index < -0.39 is 83.7 Å². The van der Waals surface area contributed by atoms with Crippen molar-refractivity contribution in [2.45, 2.75) is 167 Å². The molecule has 0 spiro atoms. The Balaban J connectivity index is 1.51. The Kier molecular flexibility index (Phi) is 19.1. The Morgan fingerprint density at radius 2 is 1.62 bits per heavy atom. The van der Waals surface area contributed by atoms with Crippen LogP contribution in [0.1, 0.15) is 112 Å². The lowest BCUT2D eigenvalue weighted by atomic mass is 9.67. The van der Waals surface area contributed by atoms with E-state index in [2.05, 4.69) is 5.32 Å². The molecule has 0 radical (unpaired) electrons. The van der Waals surface area contributed by atoms with Gasteiger partial charge in [-0.2, -0.15) is 0 Å². The van der Waals surface area contributed by atoms with Gasteiger partial charge in [-0.05, 0) is 108 Å². The van der Waals surface area contributed by atoms with Crippen LogP contribution in [0.2, 0.25) is 0 Å². The number of carbonyl (C=O) groups is 5. The number of hydrogen-bond donors (Lipinski definition) is 3. The number of carbonyl (C=O) groups excluding carboxylic acids is 5. The number of allylic oxidation sites excluding steroid dienone is 6. The summed E-state index contributed by atoms with van der Waals surface area (Å²) in [6.45, 7) is 11.0. The van der Waals surface area contributed by atoms with E-state index in [-0.39, 0.29) is 54.4 Å². The number of nitrogens with one attached hydrogen (secondary N) is 1. The maximum absolute atomic E-state index is 14.5. The molecule has 0 aromatic carbocycles. The number of likely N-dealkylation sites (N-methyl/N-ethyl adjacent to an activating group) is 1. The summed E-state index contributed by atoms with van der Waals surface area (Å²) in [5.41, 5.74) is 1.31. The van der Waals surface area contributed by atoms with Gasteiger partial charge in [0, 0.05) is 70.4 Å². The molecule has 5 rings (SSSR count). The molecule has 3 N–H and O–H groups in total. The zero-order valence-corrected chi connectivity index (χ0v) is 40.5. The number of Topliss-reactive ketones (excluding diaryl/α,β-unsaturated/α-hetero) is 3. The van der Waals surface area contributed by atoms with Crippen LogP contribution in [0, 0.1) is 41.4 Å². The predicted molar refractivity (Wildman–Crippen MR) is 245 cm³/mol. The second kappa shape index (κ2) is 23.6. The molecule has 65 heavy (non-hydrogen) atoms. The highest BCUT2D eigenvalue weighted by atomic mass is 16.6. The Morgan fingerprint density at radius 1 is 0.877 bits per heavy atom. The summed E-state index contributed by atoms with van der Waals surface area (Å²) in [6.07, 6.45) is 12.9. The summed E-state index contributed by atoms with van der Waals surface area (Å²) in [6, 6.07) is -0.902. The van der Waals surface area contributed by atoms with E-state index >= 15 is 0 Å². The number of rotatable bonds is 6. The summed E-state index contributed by atoms with van der Waals surface area (Å²) in [5, 5.41) is 26.9. The number of ketones is 3. The van der Waals surface area contributed by atoms with Gasteiger partial charge in [-0.3, -0.25) is 19.2 Å². The van der Waals surface area contributed by atoms with E-state index in [4.69, 9.17) is 23.7 Å². The molecule has 1 aliphatic carbocycles. The average Bonchev–Trinajstić information content (AvgIpc) is 3.29. The fourth-order valence-electron chi connectivity index (χ4n) is 11.3. The largest absolute Gasteiger partial charge is 0.460 e. The highest BCUT2D eigenvalue weighted by Crippen LogP contribution is 2.45. The standard InChI is InChI=1S/C51H78N2O12/c1-29-15-12-11-13-16-30(2)41(61-8)27-36-20-18-34(6)51(60,65-36)48(57)49(58)53-22-14-17-37-38(25-35-19-21-39(52-7)43(26-35)62-9)42(64-50(59)44(37)53)28-40(54)31(3)24-33(5)46(56)47(63-10)45(55)32(4)23-29/h11-13,15-16,24,29,31-32,34-39,41-44,46-47,52,56,60H,14,17-23,25-28H2,1-10H3/b13-11+,15-12+,30-16+,33-24+/t29?,31?,32-,34-,35+,36+,37-,38?,39?,41+,42?,43-,44+,46-,47+,51-/m1/s1. The fourth-order valence-corrected chi connectivity index (χ4v) is 11.3. The monoisotopic (exact) mass is 911 g/mol. The van der Waals surface area contributed by atoms with E-state index in [1.54, 1.807) is 41.1 Å². The Bertz CT molecular complexity index is 1810. The quantitative estimate of drug-likeness (QED) is 0.169. The molecule has 3 saturated heterocycles. The lowest BCUT2D eigenvalue weighted by Gasteiger charge is -2.50. The number of hydrogen-bond acceptors (Lipinski definition) is 13. The van der Waals surface area contributed by atoms with Gasteiger partial charge in [0.15, 0.2) is 5.78 Å². The number of amides is 1. The van der Waals surface area contributed by atoms with Gasteiger partial charge in [0.05, 0.1) is 18.3 Å². The highest BCUT2D eigenvalue weighted by Gasteiger charge is 2.57. The molecular weight excluding hydrogens is 833 g/mol. The highest BCUT2D eigenvalue weighted by molar-refractivity contribution is 6.39. The average molecular weight is 911 g/mol. The molecule has 14 nitrogen and oxygen atoms in total. The number of ether oxygens (including phenoxy) is 5. The number of esters is 1. The van der Waals surface area contributed by atoms with Gasteiger partial charge in [-0.1, -0.05) is 64.2 Å². The number of aliphatic hydroxyl groups is 2. The van der Waals surface area contributed by atoms with Crippen molar-refractivity contribution in [1.82, 2.24) is 10.2 Å². The van der Waals surface area contributed by atoms with Crippen molar-refractivity contribution >= 4 is 29.2 Å². The minimum absolute atomic E-state index is 0.0312. The Labute approximate surface area is 386 Å². The minimum atomic E-state index is -2.42. The molecule has 1 saturated carbocycles. The number of piperidine rings is 1. The zero-order chi connectivity index (χ0) is 47.7. The van der Waals surface area contributed by atoms with Crippen LogP contribution >= 0.6 is 0 Å². The van der Waals surface area contributed by atoms with Gasteiger partial charge < -0.3 is 44.1 Å². The first kappa shape index (κ1) is 52.6. The van der Waals surface area contributed by atoms with Crippen LogP contribution in [-0.4, -0.2) is 134 Å². The van der Waals surface area contributed by atoms with Crippen LogP contribution in [0.5, 0.6) is 0 Å². The second-order valence-corrected chi connectivity index (χ2v) is 19.8. The third kappa shape index (κ3) is 12.4. The van der Waals surface area contributed by atoms with Gasteiger partial charge in [-0.15, -0.1) is 0 Å². The first-order chi connectivity index (χ1) is 30.9. The second-order valence-electron chi connectivity index (χ2n) is 19.8. The van der Waals surface area contributed by atoms with E-state index in [0.717, 1.165) is 24.8 Å². The van der Waals surface area contributed by atoms with Gasteiger partial charge in [-0.25, -0.2) is 4.79 Å². The lowest BCUT2D eigenvalue weighted by Crippen LogP contribution is -2.65. The molecule has 4 aliphatic heterocycles. The maximum atomic E-state index is 14.5. The van der Waals surface area contributed by atoms with Crippen molar-refractivity contribution in [3.8, 4) is 0 Å². The molecule has 0 aromatic rings. The van der Waals surface area contributed by atoms with Crippen LogP contribution in [0.15, 0.2) is 47.6 Å². The molecule has 4 heterocycles. The zero-order valence-electron chi connectivity index (χ0n) is 40.5. The van der Waals surface area contributed by atoms with Crippen LogP contribution in [0.4, 0.5) is 0 Å². The van der Waals surface area contributed by atoms with E-state index in [1.165, 1.54) is 12.0 Å². The number of aliphatic hydroxyl groups excluding tert-OH is 1. The molecule has 0 aromatic heterocycles. The fraction of sp³-hybridized carbons (Fsp3) is 0.745. The van der Waals surface area contributed by atoms with E-state index in [9.17, 15) is 34.2 Å².